The first-order valence-electron chi connectivity index (χ1n) is 6.85. The Morgan fingerprint density at radius 1 is 1.33 bits per heavy atom. The van der Waals surface area contributed by atoms with Gasteiger partial charge in [0.2, 0.25) is 5.91 Å². The average molecular weight is 321 g/mol. The minimum absolute atomic E-state index is 0.00542. The molecule has 1 aliphatic rings. The molecule has 1 aromatic heterocycles. The van der Waals surface area contributed by atoms with Crippen LogP contribution in [0.1, 0.15) is 27.8 Å². The molecule has 1 atom stereocenters. The Kier molecular flexibility index (Phi) is 4.31. The van der Waals surface area contributed by atoms with Crippen LogP contribution < -0.4 is 0 Å². The molecule has 0 bridgehead atoms. The molecule has 1 fully saturated rings. The SMILES string of the molecule is Cc1ccsc1C1SCCC(=O)N1Cc1ccccc1F. The van der Waals surface area contributed by atoms with E-state index < -0.39 is 0 Å². The van der Waals surface area contributed by atoms with Crippen molar-refractivity contribution in [3.8, 4) is 0 Å². The van der Waals surface area contributed by atoms with E-state index in [1.165, 1.54) is 16.5 Å². The predicted molar refractivity (Wildman–Crippen MR) is 85.8 cm³/mol. The van der Waals surface area contributed by atoms with Crippen molar-refractivity contribution in [1.29, 1.82) is 0 Å². The Morgan fingerprint density at radius 3 is 2.86 bits per heavy atom. The average Bonchev–Trinajstić information content (AvgIpc) is 2.89. The summed E-state index contributed by atoms with van der Waals surface area (Å²) in [5.74, 6) is 0.687. The second-order valence-electron chi connectivity index (χ2n) is 5.05. The molecule has 2 aromatic rings. The lowest BCUT2D eigenvalue weighted by Gasteiger charge is -2.35. The van der Waals surface area contributed by atoms with Crippen LogP contribution in [0.3, 0.4) is 0 Å². The highest BCUT2D eigenvalue weighted by Gasteiger charge is 2.31. The maximum Gasteiger partial charge on any atom is 0.224 e. The highest BCUT2D eigenvalue weighted by Crippen LogP contribution is 2.41. The first-order valence-corrected chi connectivity index (χ1v) is 8.78. The number of thiophene rings is 1. The van der Waals surface area contributed by atoms with Gasteiger partial charge < -0.3 is 4.90 Å². The summed E-state index contributed by atoms with van der Waals surface area (Å²) in [6, 6.07) is 8.75. The number of nitrogens with zero attached hydrogens (tertiary/aromatic N) is 1. The summed E-state index contributed by atoms with van der Waals surface area (Å²) in [4.78, 5) is 15.3. The molecule has 1 aromatic carbocycles. The molecule has 110 valence electrons. The fourth-order valence-electron chi connectivity index (χ4n) is 2.46. The van der Waals surface area contributed by atoms with E-state index in [9.17, 15) is 9.18 Å². The van der Waals surface area contributed by atoms with Crippen LogP contribution in [0.25, 0.3) is 0 Å². The van der Waals surface area contributed by atoms with Crippen molar-refractivity contribution in [2.75, 3.05) is 5.75 Å². The number of carbonyl (C=O) groups is 1. The number of halogens is 1. The van der Waals surface area contributed by atoms with Gasteiger partial charge in [0.05, 0.1) is 6.54 Å². The van der Waals surface area contributed by atoms with Crippen molar-refractivity contribution in [2.24, 2.45) is 0 Å². The molecule has 0 N–H and O–H groups in total. The van der Waals surface area contributed by atoms with Gasteiger partial charge in [-0.25, -0.2) is 4.39 Å². The van der Waals surface area contributed by atoms with Gasteiger partial charge in [0.1, 0.15) is 11.2 Å². The number of benzene rings is 1. The molecule has 5 heteroatoms. The van der Waals surface area contributed by atoms with Gasteiger partial charge in [0.15, 0.2) is 0 Å². The van der Waals surface area contributed by atoms with Gasteiger partial charge in [0, 0.05) is 22.6 Å². The van der Waals surface area contributed by atoms with Gasteiger partial charge in [-0.15, -0.1) is 23.1 Å². The monoisotopic (exact) mass is 321 g/mol. The predicted octanol–water partition coefficient (Wildman–Crippen LogP) is 4.36. The molecular formula is C16H16FNOS2. The van der Waals surface area contributed by atoms with E-state index in [-0.39, 0.29) is 17.1 Å². The van der Waals surface area contributed by atoms with Crippen LogP contribution in [0.4, 0.5) is 4.39 Å². The molecule has 1 aliphatic heterocycles. The van der Waals surface area contributed by atoms with Crippen LogP contribution >= 0.6 is 23.1 Å². The fraction of sp³-hybridized carbons (Fsp3) is 0.312. The Balaban J connectivity index is 1.90. The van der Waals surface area contributed by atoms with Crippen molar-refractivity contribution in [3.63, 3.8) is 0 Å². The van der Waals surface area contributed by atoms with Crippen molar-refractivity contribution in [2.45, 2.75) is 25.3 Å². The first kappa shape index (κ1) is 14.6. The number of amides is 1. The Hall–Kier alpha value is -1.33. The summed E-state index contributed by atoms with van der Waals surface area (Å²) in [5, 5.41) is 2.05. The van der Waals surface area contributed by atoms with Crippen LogP contribution in [0.15, 0.2) is 35.7 Å². The molecule has 1 unspecified atom stereocenters. The summed E-state index contributed by atoms with van der Waals surface area (Å²) in [7, 11) is 0. The van der Waals surface area contributed by atoms with Crippen LogP contribution in [0, 0.1) is 12.7 Å². The summed E-state index contributed by atoms with van der Waals surface area (Å²) < 4.78 is 13.9. The van der Waals surface area contributed by atoms with Crippen molar-refractivity contribution >= 4 is 29.0 Å². The third kappa shape index (κ3) is 2.99. The van der Waals surface area contributed by atoms with E-state index in [2.05, 4.69) is 13.0 Å². The number of rotatable bonds is 3. The van der Waals surface area contributed by atoms with Gasteiger partial charge in [-0.3, -0.25) is 4.79 Å². The van der Waals surface area contributed by atoms with E-state index in [1.54, 1.807) is 35.2 Å². The third-order valence-corrected chi connectivity index (χ3v) is 6.09. The summed E-state index contributed by atoms with van der Waals surface area (Å²) >= 11 is 3.43. The molecule has 2 nitrogen and oxygen atoms in total. The van der Waals surface area contributed by atoms with E-state index in [4.69, 9.17) is 0 Å². The zero-order chi connectivity index (χ0) is 14.8. The fourth-order valence-corrected chi connectivity index (χ4v) is 4.97. The molecule has 0 saturated carbocycles. The van der Waals surface area contributed by atoms with Gasteiger partial charge in [-0.05, 0) is 30.0 Å². The van der Waals surface area contributed by atoms with Crippen LogP contribution in [0.2, 0.25) is 0 Å². The van der Waals surface area contributed by atoms with Gasteiger partial charge in [-0.2, -0.15) is 0 Å². The maximum absolute atomic E-state index is 13.9. The molecule has 21 heavy (non-hydrogen) atoms. The Labute approximate surface area is 132 Å². The number of hydrogen-bond donors (Lipinski definition) is 0. The van der Waals surface area contributed by atoms with Crippen molar-refractivity contribution < 1.29 is 9.18 Å². The molecule has 2 heterocycles. The highest BCUT2D eigenvalue weighted by molar-refractivity contribution is 7.99. The number of carbonyl (C=O) groups excluding carboxylic acids is 1. The minimum Gasteiger partial charge on any atom is -0.321 e. The lowest BCUT2D eigenvalue weighted by molar-refractivity contribution is -0.132. The maximum atomic E-state index is 13.9. The minimum atomic E-state index is -0.248. The topological polar surface area (TPSA) is 20.3 Å². The lowest BCUT2D eigenvalue weighted by atomic mass is 10.1. The number of hydrogen-bond acceptors (Lipinski definition) is 3. The number of thioether (sulfide) groups is 1. The third-order valence-electron chi connectivity index (χ3n) is 3.62. The normalized spacial score (nSPS) is 19.0. The molecule has 0 spiro atoms. The van der Waals surface area contributed by atoms with Gasteiger partial charge >= 0.3 is 0 Å². The quantitative estimate of drug-likeness (QED) is 0.837. The molecule has 1 saturated heterocycles. The number of aryl methyl sites for hydroxylation is 1. The van der Waals surface area contributed by atoms with E-state index in [0.717, 1.165) is 5.75 Å². The van der Waals surface area contributed by atoms with Crippen LogP contribution in [-0.4, -0.2) is 16.6 Å². The summed E-state index contributed by atoms with van der Waals surface area (Å²) in [5.41, 5.74) is 1.78. The Morgan fingerprint density at radius 2 is 2.14 bits per heavy atom. The molecular weight excluding hydrogens is 305 g/mol. The zero-order valence-corrected chi connectivity index (χ0v) is 13.3. The molecule has 0 aliphatic carbocycles. The van der Waals surface area contributed by atoms with E-state index in [0.29, 0.717) is 18.5 Å². The Bertz CT molecular complexity index is 655. The van der Waals surface area contributed by atoms with Gasteiger partial charge in [-0.1, -0.05) is 18.2 Å². The summed E-state index contributed by atoms with van der Waals surface area (Å²) in [6.07, 6.45) is 0.528. The van der Waals surface area contributed by atoms with Crippen LogP contribution in [-0.2, 0) is 11.3 Å². The second kappa shape index (κ2) is 6.20. The van der Waals surface area contributed by atoms with Crippen molar-refractivity contribution in [3.05, 3.63) is 57.5 Å². The molecule has 3 rings (SSSR count). The molecule has 1 amide bonds. The second-order valence-corrected chi connectivity index (χ2v) is 7.19. The standard InChI is InChI=1S/C16H16FNOS2/c1-11-6-8-20-15(11)16-18(14(19)7-9-21-16)10-12-4-2-3-5-13(12)17/h2-6,8,16H,7,9-10H2,1H3. The first-order chi connectivity index (χ1) is 10.2. The molecule has 0 radical (unpaired) electrons. The lowest BCUT2D eigenvalue weighted by Crippen LogP contribution is -2.36. The largest absolute Gasteiger partial charge is 0.321 e. The smallest absolute Gasteiger partial charge is 0.224 e. The zero-order valence-electron chi connectivity index (χ0n) is 11.7. The van der Waals surface area contributed by atoms with Crippen molar-refractivity contribution in [1.82, 2.24) is 4.90 Å². The van der Waals surface area contributed by atoms with Crippen LogP contribution in [0.5, 0.6) is 0 Å². The highest BCUT2D eigenvalue weighted by atomic mass is 32.2. The van der Waals surface area contributed by atoms with E-state index >= 15 is 0 Å². The summed E-state index contributed by atoms with van der Waals surface area (Å²) in [6.45, 7) is 2.40. The van der Waals surface area contributed by atoms with E-state index in [1.807, 2.05) is 16.3 Å². The van der Waals surface area contributed by atoms with Gasteiger partial charge in [0.25, 0.3) is 0 Å².